The lowest BCUT2D eigenvalue weighted by atomic mass is 10.1. The Morgan fingerprint density at radius 1 is 1.14 bits per heavy atom. The molecule has 0 aromatic heterocycles. The van der Waals surface area contributed by atoms with Crippen LogP contribution in [0.3, 0.4) is 0 Å². The fraction of sp³-hybridized carbons (Fsp3) is 0.381. The van der Waals surface area contributed by atoms with Gasteiger partial charge in [0.15, 0.2) is 0 Å². The molecule has 0 atom stereocenters. The molecule has 7 heteroatoms. The number of carbonyl (C=O) groups excluding carboxylic acids is 1. The number of methoxy groups -OCH3 is 1. The Bertz CT molecular complexity index is 748. The molecule has 5 nitrogen and oxygen atoms in total. The van der Waals surface area contributed by atoms with Gasteiger partial charge >= 0.3 is 0 Å². The highest BCUT2D eigenvalue weighted by atomic mass is 35.5. The molecule has 0 saturated carbocycles. The van der Waals surface area contributed by atoms with Crippen LogP contribution in [0, 0.1) is 0 Å². The van der Waals surface area contributed by atoms with E-state index >= 15 is 0 Å². The summed E-state index contributed by atoms with van der Waals surface area (Å²) in [4.78, 5) is 14.6. The molecule has 2 aromatic rings. The average Bonchev–Trinajstić information content (AvgIpc) is 2.71. The van der Waals surface area contributed by atoms with Crippen LogP contribution in [0.5, 0.6) is 11.5 Å². The van der Waals surface area contributed by atoms with Crippen LogP contribution < -0.4 is 14.8 Å². The third kappa shape index (κ3) is 6.59. The number of rotatable bonds is 7. The van der Waals surface area contributed by atoms with Gasteiger partial charge in [-0.25, -0.2) is 0 Å². The first-order chi connectivity index (χ1) is 13.1. The molecule has 1 heterocycles. The van der Waals surface area contributed by atoms with Crippen molar-refractivity contribution < 1.29 is 14.3 Å². The van der Waals surface area contributed by atoms with Gasteiger partial charge in [-0.3, -0.25) is 4.79 Å². The highest BCUT2D eigenvalue weighted by Gasteiger charge is 2.20. The van der Waals surface area contributed by atoms with Crippen molar-refractivity contribution in [3.05, 3.63) is 59.1 Å². The van der Waals surface area contributed by atoms with Crippen molar-refractivity contribution in [3.8, 4) is 11.5 Å². The Hall–Kier alpha value is -1.95. The lowest BCUT2D eigenvalue weighted by Crippen LogP contribution is -2.42. The monoisotopic (exact) mass is 424 g/mol. The summed E-state index contributed by atoms with van der Waals surface area (Å²) >= 11 is 5.90. The number of piperidine rings is 1. The fourth-order valence-corrected chi connectivity index (χ4v) is 3.28. The molecule has 152 valence electrons. The van der Waals surface area contributed by atoms with Gasteiger partial charge in [0.05, 0.1) is 7.11 Å². The molecule has 1 amide bonds. The highest BCUT2D eigenvalue weighted by Crippen LogP contribution is 2.21. The van der Waals surface area contributed by atoms with Crippen LogP contribution in [0.4, 0.5) is 0 Å². The SMILES string of the molecule is COc1cccc(C(=O)NCCN2CCC(Oc3ccc(Cl)cc3)CC2)c1.Cl. The van der Waals surface area contributed by atoms with E-state index in [4.69, 9.17) is 21.1 Å². The molecule has 0 spiro atoms. The van der Waals surface area contributed by atoms with Gasteiger partial charge in [-0.05, 0) is 55.3 Å². The molecule has 3 rings (SSSR count). The molecule has 1 aliphatic rings. The summed E-state index contributed by atoms with van der Waals surface area (Å²) in [6, 6.07) is 14.7. The standard InChI is InChI=1S/C21H25ClN2O3.ClH/c1-26-20-4-2-3-16(15-20)21(25)23-11-14-24-12-9-19(10-13-24)27-18-7-5-17(22)6-8-18;/h2-8,15,19H,9-14H2,1H3,(H,23,25);1H. The lowest BCUT2D eigenvalue weighted by Gasteiger charge is -2.32. The zero-order valence-corrected chi connectivity index (χ0v) is 17.5. The number of carbonyl (C=O) groups is 1. The van der Waals surface area contributed by atoms with Gasteiger partial charge in [0.1, 0.15) is 17.6 Å². The van der Waals surface area contributed by atoms with Crippen molar-refractivity contribution in [1.29, 1.82) is 0 Å². The molecule has 1 aliphatic heterocycles. The number of halogens is 2. The van der Waals surface area contributed by atoms with E-state index in [1.54, 1.807) is 19.2 Å². The molecule has 1 fully saturated rings. The number of amides is 1. The van der Waals surface area contributed by atoms with Crippen LogP contribution in [-0.2, 0) is 0 Å². The first-order valence-electron chi connectivity index (χ1n) is 9.21. The smallest absolute Gasteiger partial charge is 0.251 e. The fourth-order valence-electron chi connectivity index (χ4n) is 3.15. The summed E-state index contributed by atoms with van der Waals surface area (Å²) in [5.41, 5.74) is 0.615. The molecule has 0 radical (unpaired) electrons. The maximum Gasteiger partial charge on any atom is 0.251 e. The molecule has 28 heavy (non-hydrogen) atoms. The third-order valence-electron chi connectivity index (χ3n) is 4.70. The first kappa shape index (κ1) is 22.3. The van der Waals surface area contributed by atoms with E-state index in [9.17, 15) is 4.79 Å². The van der Waals surface area contributed by atoms with Gasteiger partial charge in [-0.2, -0.15) is 0 Å². The van der Waals surface area contributed by atoms with Crippen LogP contribution in [0.25, 0.3) is 0 Å². The second kappa shape index (κ2) is 11.1. The number of hydrogen-bond donors (Lipinski definition) is 1. The quantitative estimate of drug-likeness (QED) is 0.728. The summed E-state index contributed by atoms with van der Waals surface area (Å²) in [6.45, 7) is 3.39. The molecule has 2 aromatic carbocycles. The van der Waals surface area contributed by atoms with E-state index < -0.39 is 0 Å². The van der Waals surface area contributed by atoms with Gasteiger partial charge in [0.25, 0.3) is 5.91 Å². The first-order valence-corrected chi connectivity index (χ1v) is 9.58. The van der Waals surface area contributed by atoms with E-state index in [0.29, 0.717) is 22.9 Å². The number of benzene rings is 2. The summed E-state index contributed by atoms with van der Waals surface area (Å²) in [6.07, 6.45) is 2.19. The third-order valence-corrected chi connectivity index (χ3v) is 4.95. The number of ether oxygens (including phenoxy) is 2. The number of hydrogen-bond acceptors (Lipinski definition) is 4. The van der Waals surface area contributed by atoms with Gasteiger partial charge < -0.3 is 19.7 Å². The minimum Gasteiger partial charge on any atom is -0.497 e. The maximum absolute atomic E-state index is 12.2. The Balaban J connectivity index is 0.00000280. The van der Waals surface area contributed by atoms with E-state index in [0.717, 1.165) is 38.2 Å². The predicted octanol–water partition coefficient (Wildman–Crippen LogP) is 4.04. The molecule has 0 bridgehead atoms. The van der Waals surface area contributed by atoms with E-state index in [-0.39, 0.29) is 24.4 Å². The molecular weight excluding hydrogens is 399 g/mol. The Morgan fingerprint density at radius 3 is 2.54 bits per heavy atom. The highest BCUT2D eigenvalue weighted by molar-refractivity contribution is 6.30. The van der Waals surface area contributed by atoms with Crippen LogP contribution in [-0.4, -0.2) is 50.2 Å². The Morgan fingerprint density at radius 2 is 1.86 bits per heavy atom. The topological polar surface area (TPSA) is 50.8 Å². The van der Waals surface area contributed by atoms with Gasteiger partial charge in [-0.1, -0.05) is 17.7 Å². The minimum absolute atomic E-state index is 0. The van der Waals surface area contributed by atoms with Gasteiger partial charge in [0, 0.05) is 36.8 Å². The van der Waals surface area contributed by atoms with Crippen LogP contribution >= 0.6 is 24.0 Å². The molecule has 0 unspecified atom stereocenters. The molecule has 1 N–H and O–H groups in total. The Kier molecular flexibility index (Phi) is 8.90. The van der Waals surface area contributed by atoms with Crippen molar-refractivity contribution >= 4 is 29.9 Å². The summed E-state index contributed by atoms with van der Waals surface area (Å²) in [7, 11) is 1.59. The Labute approximate surface area is 177 Å². The molecule has 0 aliphatic carbocycles. The lowest BCUT2D eigenvalue weighted by molar-refractivity contribution is 0.0905. The largest absolute Gasteiger partial charge is 0.497 e. The zero-order chi connectivity index (χ0) is 19.1. The number of nitrogens with zero attached hydrogens (tertiary/aromatic N) is 1. The van der Waals surface area contributed by atoms with Crippen molar-refractivity contribution in [1.82, 2.24) is 10.2 Å². The maximum atomic E-state index is 12.2. The molecular formula is C21H26Cl2N2O3. The summed E-state index contributed by atoms with van der Waals surface area (Å²) < 4.78 is 11.2. The molecule has 1 saturated heterocycles. The average molecular weight is 425 g/mol. The van der Waals surface area contributed by atoms with E-state index in [1.807, 2.05) is 36.4 Å². The van der Waals surface area contributed by atoms with E-state index in [1.165, 1.54) is 0 Å². The normalized spacial score (nSPS) is 14.8. The second-order valence-electron chi connectivity index (χ2n) is 6.60. The van der Waals surface area contributed by atoms with Crippen molar-refractivity contribution in [2.24, 2.45) is 0 Å². The van der Waals surface area contributed by atoms with E-state index in [2.05, 4.69) is 10.2 Å². The summed E-state index contributed by atoms with van der Waals surface area (Å²) in [5, 5.41) is 3.69. The predicted molar refractivity (Wildman–Crippen MR) is 114 cm³/mol. The minimum atomic E-state index is -0.0742. The van der Waals surface area contributed by atoms with Crippen LogP contribution in [0.2, 0.25) is 5.02 Å². The number of likely N-dealkylation sites (tertiary alicyclic amines) is 1. The summed E-state index contributed by atoms with van der Waals surface area (Å²) in [5.74, 6) is 1.48. The second-order valence-corrected chi connectivity index (χ2v) is 7.04. The van der Waals surface area contributed by atoms with Gasteiger partial charge in [0.2, 0.25) is 0 Å². The van der Waals surface area contributed by atoms with Crippen molar-refractivity contribution in [2.45, 2.75) is 18.9 Å². The van der Waals surface area contributed by atoms with Crippen molar-refractivity contribution in [2.75, 3.05) is 33.3 Å². The zero-order valence-electron chi connectivity index (χ0n) is 15.9. The van der Waals surface area contributed by atoms with Crippen LogP contribution in [0.15, 0.2) is 48.5 Å². The van der Waals surface area contributed by atoms with Gasteiger partial charge in [-0.15, -0.1) is 12.4 Å². The van der Waals surface area contributed by atoms with Crippen LogP contribution in [0.1, 0.15) is 23.2 Å². The number of nitrogens with one attached hydrogen (secondary N) is 1. The van der Waals surface area contributed by atoms with Crippen molar-refractivity contribution in [3.63, 3.8) is 0 Å².